The van der Waals surface area contributed by atoms with Gasteiger partial charge in [0.15, 0.2) is 0 Å². The van der Waals surface area contributed by atoms with E-state index in [1.165, 1.54) is 0 Å². The second-order valence-electron chi connectivity index (χ2n) is 2.64. The smallest absolute Gasteiger partial charge is 0.366 e. The van der Waals surface area contributed by atoms with Gasteiger partial charge in [0.1, 0.15) is 0 Å². The van der Waals surface area contributed by atoms with Crippen LogP contribution < -0.4 is 5.73 Å². The van der Waals surface area contributed by atoms with E-state index in [1.807, 2.05) is 0 Å². The van der Waals surface area contributed by atoms with E-state index in [1.54, 1.807) is 0 Å². The van der Waals surface area contributed by atoms with Crippen molar-refractivity contribution >= 4 is 11.5 Å². The summed E-state index contributed by atoms with van der Waals surface area (Å²) < 4.78 is 36.1. The van der Waals surface area contributed by atoms with E-state index in [0.29, 0.717) is 0 Å². The van der Waals surface area contributed by atoms with Crippen LogP contribution in [0.2, 0.25) is 0 Å². The Labute approximate surface area is 82.6 Å². The van der Waals surface area contributed by atoms with E-state index in [2.05, 4.69) is 16.5 Å². The highest BCUT2D eigenvalue weighted by atomic mass is 19.4. The number of alkyl halides is 3. The Kier molecular flexibility index (Phi) is 2.74. The molecule has 1 aromatic heterocycles. The van der Waals surface area contributed by atoms with Gasteiger partial charge < -0.3 is 5.73 Å². The Morgan fingerprint density at radius 1 is 1.33 bits per heavy atom. The molecular formula is C8H6F3N3O. The maximum Gasteiger partial charge on any atom is 0.451 e. The third-order valence-corrected chi connectivity index (χ3v) is 1.55. The molecule has 0 radical (unpaired) electrons. The summed E-state index contributed by atoms with van der Waals surface area (Å²) in [6, 6.07) is 0. The van der Waals surface area contributed by atoms with Crippen LogP contribution in [0.3, 0.4) is 0 Å². The topological polar surface area (TPSA) is 68.9 Å². The predicted octanol–water partition coefficient (Wildman–Crippen LogP) is 0.994. The minimum absolute atomic E-state index is 0.0653. The molecule has 0 aromatic carbocycles. The lowest BCUT2D eigenvalue weighted by Gasteiger charge is -2.05. The first kappa shape index (κ1) is 11.2. The van der Waals surface area contributed by atoms with Crippen LogP contribution in [0.25, 0.3) is 5.57 Å². The quantitative estimate of drug-likeness (QED) is 0.751. The molecular weight excluding hydrogens is 211 g/mol. The Morgan fingerprint density at radius 2 is 1.80 bits per heavy atom. The van der Waals surface area contributed by atoms with E-state index in [0.717, 1.165) is 12.4 Å². The second-order valence-corrected chi connectivity index (χ2v) is 2.64. The van der Waals surface area contributed by atoms with Gasteiger partial charge in [0.2, 0.25) is 11.7 Å². The van der Waals surface area contributed by atoms with Crippen LogP contribution in [0.5, 0.6) is 0 Å². The zero-order chi connectivity index (χ0) is 11.6. The van der Waals surface area contributed by atoms with Crippen LogP contribution in [0, 0.1) is 0 Å². The number of hydrogen-bond acceptors (Lipinski definition) is 3. The first-order chi connectivity index (χ1) is 6.82. The third-order valence-electron chi connectivity index (χ3n) is 1.55. The summed E-state index contributed by atoms with van der Waals surface area (Å²) in [6.07, 6.45) is -2.90. The Hall–Kier alpha value is -1.92. The molecule has 0 aliphatic carbocycles. The van der Waals surface area contributed by atoms with Crippen molar-refractivity contribution < 1.29 is 18.0 Å². The first-order valence-electron chi connectivity index (χ1n) is 3.70. The Morgan fingerprint density at radius 3 is 2.13 bits per heavy atom. The molecule has 0 unspecified atom stereocenters. The van der Waals surface area contributed by atoms with Gasteiger partial charge >= 0.3 is 6.18 Å². The SMILES string of the molecule is C=C(C(N)=O)c1cnc(C(F)(F)F)nc1. The fourth-order valence-electron chi connectivity index (χ4n) is 0.773. The molecule has 1 heterocycles. The summed E-state index contributed by atoms with van der Waals surface area (Å²) in [7, 11) is 0. The van der Waals surface area contributed by atoms with Crippen molar-refractivity contribution in [3.8, 4) is 0 Å². The summed E-state index contributed by atoms with van der Waals surface area (Å²) in [6.45, 7) is 3.28. The Bertz CT molecular complexity index is 397. The van der Waals surface area contributed by atoms with Gasteiger partial charge in [-0.2, -0.15) is 13.2 Å². The summed E-state index contributed by atoms with van der Waals surface area (Å²) in [5, 5.41) is 0. The number of halogens is 3. The molecule has 1 amide bonds. The van der Waals surface area contributed by atoms with Gasteiger partial charge in [-0.3, -0.25) is 4.79 Å². The molecule has 7 heteroatoms. The molecule has 0 aliphatic rings. The largest absolute Gasteiger partial charge is 0.451 e. The van der Waals surface area contributed by atoms with Crippen molar-refractivity contribution in [1.82, 2.24) is 9.97 Å². The van der Waals surface area contributed by atoms with Gasteiger partial charge in [-0.1, -0.05) is 6.58 Å². The number of primary amides is 1. The molecule has 0 spiro atoms. The number of hydrogen-bond donors (Lipinski definition) is 1. The number of nitrogens with zero attached hydrogens (tertiary/aromatic N) is 2. The first-order valence-corrected chi connectivity index (χ1v) is 3.70. The lowest BCUT2D eigenvalue weighted by Crippen LogP contribution is -2.14. The normalized spacial score (nSPS) is 11.1. The van der Waals surface area contributed by atoms with Gasteiger partial charge in [0.05, 0.1) is 0 Å². The second kappa shape index (κ2) is 3.68. The molecule has 1 aromatic rings. The molecule has 0 saturated heterocycles. The number of aromatic nitrogens is 2. The summed E-state index contributed by atoms with van der Waals surface area (Å²) in [5.74, 6) is -2.11. The van der Waals surface area contributed by atoms with Gasteiger partial charge in [0, 0.05) is 23.5 Å². The number of nitrogens with two attached hydrogens (primary N) is 1. The number of carbonyl (C=O) groups excluding carboxylic acids is 1. The molecule has 80 valence electrons. The predicted molar refractivity (Wildman–Crippen MR) is 45.3 cm³/mol. The minimum atomic E-state index is -4.60. The zero-order valence-corrected chi connectivity index (χ0v) is 7.38. The fourth-order valence-corrected chi connectivity index (χ4v) is 0.773. The van der Waals surface area contributed by atoms with E-state index < -0.39 is 17.9 Å². The standard InChI is InChI=1S/C8H6F3N3O/c1-4(6(12)15)5-2-13-7(14-3-5)8(9,10)11/h2-3H,1H2,(H2,12,15). The van der Waals surface area contributed by atoms with Gasteiger partial charge in [-0.05, 0) is 0 Å². The maximum atomic E-state index is 12.0. The molecule has 1 rings (SSSR count). The van der Waals surface area contributed by atoms with Crippen molar-refractivity contribution in [2.24, 2.45) is 5.73 Å². The van der Waals surface area contributed by atoms with Gasteiger partial charge in [-0.25, -0.2) is 9.97 Å². The van der Waals surface area contributed by atoms with Crippen LogP contribution in [0.1, 0.15) is 11.4 Å². The molecule has 2 N–H and O–H groups in total. The van der Waals surface area contributed by atoms with Crippen LogP contribution >= 0.6 is 0 Å². The number of carbonyl (C=O) groups is 1. The molecule has 0 aliphatic heterocycles. The maximum absolute atomic E-state index is 12.0. The van der Waals surface area contributed by atoms with Crippen LogP contribution in [0.4, 0.5) is 13.2 Å². The van der Waals surface area contributed by atoms with E-state index in [-0.39, 0.29) is 11.1 Å². The highest BCUT2D eigenvalue weighted by molar-refractivity contribution is 6.17. The molecule has 0 atom stereocenters. The van der Waals surface area contributed by atoms with E-state index >= 15 is 0 Å². The van der Waals surface area contributed by atoms with E-state index in [9.17, 15) is 18.0 Å². The number of amides is 1. The third kappa shape index (κ3) is 2.52. The lowest BCUT2D eigenvalue weighted by molar-refractivity contribution is -0.145. The molecule has 0 saturated carbocycles. The van der Waals surface area contributed by atoms with Crippen molar-refractivity contribution in [3.63, 3.8) is 0 Å². The highest BCUT2D eigenvalue weighted by Gasteiger charge is 2.34. The van der Waals surface area contributed by atoms with E-state index in [4.69, 9.17) is 5.73 Å². The summed E-state index contributed by atoms with van der Waals surface area (Å²) in [4.78, 5) is 16.7. The van der Waals surface area contributed by atoms with Crippen molar-refractivity contribution in [3.05, 3.63) is 30.4 Å². The number of rotatable bonds is 2. The molecule has 4 nitrogen and oxygen atoms in total. The highest BCUT2D eigenvalue weighted by Crippen LogP contribution is 2.25. The average molecular weight is 217 g/mol. The molecule has 0 fully saturated rings. The molecule has 0 bridgehead atoms. The van der Waals surface area contributed by atoms with Crippen LogP contribution in [-0.4, -0.2) is 15.9 Å². The van der Waals surface area contributed by atoms with Crippen molar-refractivity contribution in [2.75, 3.05) is 0 Å². The summed E-state index contributed by atoms with van der Waals surface area (Å²) in [5.41, 5.74) is 4.81. The van der Waals surface area contributed by atoms with Crippen LogP contribution in [0.15, 0.2) is 19.0 Å². The average Bonchev–Trinajstić information content (AvgIpc) is 2.15. The monoisotopic (exact) mass is 217 g/mol. The molecule has 15 heavy (non-hydrogen) atoms. The van der Waals surface area contributed by atoms with Crippen LogP contribution in [-0.2, 0) is 11.0 Å². The summed E-state index contributed by atoms with van der Waals surface area (Å²) >= 11 is 0. The van der Waals surface area contributed by atoms with Crippen molar-refractivity contribution in [1.29, 1.82) is 0 Å². The Balaban J connectivity index is 3.01. The van der Waals surface area contributed by atoms with Gasteiger partial charge in [-0.15, -0.1) is 0 Å². The van der Waals surface area contributed by atoms with Crippen molar-refractivity contribution in [2.45, 2.75) is 6.18 Å². The fraction of sp³-hybridized carbons (Fsp3) is 0.125. The minimum Gasteiger partial charge on any atom is -0.366 e. The zero-order valence-electron chi connectivity index (χ0n) is 7.38. The van der Waals surface area contributed by atoms with Gasteiger partial charge in [0.25, 0.3) is 0 Å². The lowest BCUT2D eigenvalue weighted by atomic mass is 10.1.